The van der Waals surface area contributed by atoms with Crippen LogP contribution in [0.5, 0.6) is 0 Å². The minimum absolute atomic E-state index is 0.201. The average molecular weight is 352 g/mol. The van der Waals surface area contributed by atoms with Crippen LogP contribution in [-0.4, -0.2) is 54.9 Å². The molecule has 1 radical (unpaired) electrons. The van der Waals surface area contributed by atoms with Gasteiger partial charge in [0.2, 0.25) is 0 Å². The van der Waals surface area contributed by atoms with Crippen molar-refractivity contribution in [2.45, 2.75) is 32.3 Å². The van der Waals surface area contributed by atoms with Crippen LogP contribution >= 0.6 is 11.6 Å². The number of amides is 1. The number of piperazine rings is 1. The molecule has 1 fully saturated rings. The number of unbranched alkanes of at least 4 members (excludes halogenated alkanes) is 3. The Morgan fingerprint density at radius 1 is 1.12 bits per heavy atom. The summed E-state index contributed by atoms with van der Waals surface area (Å²) >= 11 is 6.06. The molecule has 5 nitrogen and oxygen atoms in total. The van der Waals surface area contributed by atoms with Crippen LogP contribution in [0.25, 0.3) is 0 Å². The normalized spacial score (nSPS) is 15.3. The Balaban J connectivity index is 1.63. The predicted molar refractivity (Wildman–Crippen MR) is 93.8 cm³/mol. The van der Waals surface area contributed by atoms with Crippen molar-refractivity contribution in [3.63, 3.8) is 0 Å². The number of hydrogen-bond acceptors (Lipinski definition) is 4. The molecule has 0 aromatic heterocycles. The standard InChI is InChI=1S/C18H24ClN2O3/c19-17-8-4-3-7-16(17)15-24-18(23)21-12-10-20(11-13-21)9-5-1-2-6-14-22/h3-4,7-8H,1-2,5-6,9-13,15H2. The molecule has 131 valence electrons. The monoisotopic (exact) mass is 351 g/mol. The van der Waals surface area contributed by atoms with Gasteiger partial charge in [0.1, 0.15) is 6.61 Å². The summed E-state index contributed by atoms with van der Waals surface area (Å²) in [5, 5.41) is 0.613. The lowest BCUT2D eigenvalue weighted by Gasteiger charge is -2.34. The van der Waals surface area contributed by atoms with E-state index in [-0.39, 0.29) is 12.7 Å². The van der Waals surface area contributed by atoms with Gasteiger partial charge in [-0.05, 0) is 25.5 Å². The second-order valence-electron chi connectivity index (χ2n) is 5.93. The molecule has 0 unspecified atom stereocenters. The van der Waals surface area contributed by atoms with Crippen LogP contribution in [0.15, 0.2) is 24.3 Å². The number of carbonyl (C=O) groups excluding carboxylic acids is 2. The first-order valence-electron chi connectivity index (χ1n) is 8.43. The summed E-state index contributed by atoms with van der Waals surface area (Å²) in [5.41, 5.74) is 0.818. The maximum absolute atomic E-state index is 12.1. The van der Waals surface area contributed by atoms with Gasteiger partial charge in [-0.1, -0.05) is 36.2 Å². The molecule has 0 atom stereocenters. The molecule has 6 heteroatoms. The fourth-order valence-electron chi connectivity index (χ4n) is 2.71. The largest absolute Gasteiger partial charge is 0.444 e. The van der Waals surface area contributed by atoms with E-state index in [1.54, 1.807) is 11.0 Å². The molecule has 1 saturated heterocycles. The lowest BCUT2D eigenvalue weighted by molar-refractivity contribution is 0.0713. The van der Waals surface area contributed by atoms with Crippen molar-refractivity contribution in [1.29, 1.82) is 0 Å². The summed E-state index contributed by atoms with van der Waals surface area (Å²) in [6.45, 7) is 4.31. The van der Waals surface area contributed by atoms with Gasteiger partial charge in [-0.25, -0.2) is 4.79 Å². The Hall–Kier alpha value is -1.59. The van der Waals surface area contributed by atoms with Gasteiger partial charge in [0.05, 0.1) is 0 Å². The third-order valence-electron chi connectivity index (χ3n) is 4.19. The van der Waals surface area contributed by atoms with Crippen LogP contribution in [0.3, 0.4) is 0 Å². The quantitative estimate of drug-likeness (QED) is 0.674. The van der Waals surface area contributed by atoms with Crippen LogP contribution in [0.4, 0.5) is 4.79 Å². The third kappa shape index (κ3) is 6.13. The van der Waals surface area contributed by atoms with Gasteiger partial charge in [0.25, 0.3) is 0 Å². The van der Waals surface area contributed by atoms with Crippen molar-refractivity contribution in [3.05, 3.63) is 34.9 Å². The second kappa shape index (κ2) is 10.3. The minimum Gasteiger partial charge on any atom is -0.444 e. The predicted octanol–water partition coefficient (Wildman–Crippen LogP) is 3.26. The summed E-state index contributed by atoms with van der Waals surface area (Å²) in [6.07, 6.45) is 5.22. The zero-order valence-corrected chi connectivity index (χ0v) is 14.6. The van der Waals surface area contributed by atoms with Crippen molar-refractivity contribution < 1.29 is 14.3 Å². The molecule has 24 heavy (non-hydrogen) atoms. The molecule has 1 aliphatic rings. The molecule has 1 aromatic rings. The van der Waals surface area contributed by atoms with Crippen molar-refractivity contribution in [2.75, 3.05) is 32.7 Å². The molecule has 0 spiro atoms. The molecule has 1 amide bonds. The molecule has 0 saturated carbocycles. The fraction of sp³-hybridized carbons (Fsp3) is 0.556. The van der Waals surface area contributed by atoms with E-state index in [9.17, 15) is 9.59 Å². The smallest absolute Gasteiger partial charge is 0.410 e. The molecular weight excluding hydrogens is 328 g/mol. The van der Waals surface area contributed by atoms with Crippen LogP contribution < -0.4 is 0 Å². The zero-order chi connectivity index (χ0) is 17.2. The van der Waals surface area contributed by atoms with Crippen LogP contribution in [0.1, 0.15) is 31.2 Å². The lowest BCUT2D eigenvalue weighted by Crippen LogP contribution is -2.48. The third-order valence-corrected chi connectivity index (χ3v) is 4.56. The molecule has 0 aliphatic carbocycles. The van der Waals surface area contributed by atoms with Gasteiger partial charge in [-0.15, -0.1) is 0 Å². The molecule has 2 rings (SSSR count). The number of ether oxygens (including phenoxy) is 1. The first kappa shape index (κ1) is 18.7. The van der Waals surface area contributed by atoms with Crippen molar-refractivity contribution in [1.82, 2.24) is 9.80 Å². The van der Waals surface area contributed by atoms with Gasteiger partial charge < -0.3 is 9.64 Å². The first-order valence-corrected chi connectivity index (χ1v) is 8.81. The molecule has 1 aliphatic heterocycles. The van der Waals surface area contributed by atoms with E-state index >= 15 is 0 Å². The first-order chi connectivity index (χ1) is 11.7. The number of hydrogen-bond donors (Lipinski definition) is 0. The number of rotatable bonds is 8. The van der Waals surface area contributed by atoms with E-state index in [0.717, 1.165) is 44.5 Å². The maximum Gasteiger partial charge on any atom is 0.410 e. The summed E-state index contributed by atoms with van der Waals surface area (Å²) in [7, 11) is 0. The summed E-state index contributed by atoms with van der Waals surface area (Å²) < 4.78 is 5.36. The van der Waals surface area contributed by atoms with E-state index in [1.165, 1.54) is 0 Å². The van der Waals surface area contributed by atoms with Crippen molar-refractivity contribution in [3.8, 4) is 0 Å². The van der Waals surface area contributed by atoms with Crippen LogP contribution in [-0.2, 0) is 16.1 Å². The van der Waals surface area contributed by atoms with Gasteiger partial charge >= 0.3 is 6.09 Å². The van der Waals surface area contributed by atoms with Gasteiger partial charge in [-0.2, -0.15) is 0 Å². The molecule has 1 heterocycles. The number of halogens is 1. The van der Waals surface area contributed by atoms with Crippen molar-refractivity contribution >= 4 is 24.0 Å². The van der Waals surface area contributed by atoms with E-state index in [4.69, 9.17) is 16.3 Å². The highest BCUT2D eigenvalue weighted by Gasteiger charge is 2.21. The van der Waals surface area contributed by atoms with E-state index < -0.39 is 0 Å². The number of carbonyl (C=O) groups is 1. The lowest BCUT2D eigenvalue weighted by atomic mass is 10.2. The Kier molecular flexibility index (Phi) is 8.05. The highest BCUT2D eigenvalue weighted by Crippen LogP contribution is 2.16. The summed E-state index contributed by atoms with van der Waals surface area (Å²) in [4.78, 5) is 26.4. The SMILES string of the molecule is O=[C]CCCCCN1CCN(C(=O)OCc2ccccc2Cl)CC1. The molecule has 1 aromatic carbocycles. The van der Waals surface area contributed by atoms with E-state index in [2.05, 4.69) is 4.90 Å². The van der Waals surface area contributed by atoms with Crippen molar-refractivity contribution in [2.24, 2.45) is 0 Å². The number of nitrogens with zero attached hydrogens (tertiary/aromatic N) is 2. The van der Waals surface area contributed by atoms with E-state index in [0.29, 0.717) is 24.5 Å². The van der Waals surface area contributed by atoms with Gasteiger partial charge in [0.15, 0.2) is 6.29 Å². The Morgan fingerprint density at radius 2 is 1.88 bits per heavy atom. The summed E-state index contributed by atoms with van der Waals surface area (Å²) in [5.74, 6) is 0. The summed E-state index contributed by atoms with van der Waals surface area (Å²) in [6, 6.07) is 7.37. The fourth-order valence-corrected chi connectivity index (χ4v) is 2.90. The Labute approximate surface area is 148 Å². The zero-order valence-electron chi connectivity index (χ0n) is 13.9. The van der Waals surface area contributed by atoms with Gasteiger partial charge in [0, 0.05) is 43.2 Å². The average Bonchev–Trinajstić information content (AvgIpc) is 2.61. The number of benzene rings is 1. The Bertz CT molecular complexity index is 531. The topological polar surface area (TPSA) is 49.9 Å². The van der Waals surface area contributed by atoms with E-state index in [1.807, 2.05) is 24.5 Å². The second-order valence-corrected chi connectivity index (χ2v) is 6.34. The minimum atomic E-state index is -0.281. The molecule has 0 N–H and O–H groups in total. The molecule has 0 bridgehead atoms. The highest BCUT2D eigenvalue weighted by molar-refractivity contribution is 6.31. The Morgan fingerprint density at radius 3 is 2.58 bits per heavy atom. The highest BCUT2D eigenvalue weighted by atomic mass is 35.5. The van der Waals surface area contributed by atoms with Crippen LogP contribution in [0, 0.1) is 0 Å². The van der Waals surface area contributed by atoms with Gasteiger partial charge in [-0.3, -0.25) is 9.69 Å². The maximum atomic E-state index is 12.1. The van der Waals surface area contributed by atoms with Crippen LogP contribution in [0.2, 0.25) is 5.02 Å². The molecular formula is C18H24ClN2O3.